The van der Waals surface area contributed by atoms with Gasteiger partial charge in [0.1, 0.15) is 0 Å². The minimum atomic E-state index is -0.379. The number of hydrogen-bond donors (Lipinski definition) is 0. The molecule has 0 radical (unpaired) electrons. The molecule has 3 rings (SSSR count). The predicted octanol–water partition coefficient (Wildman–Crippen LogP) is 4.62. The minimum absolute atomic E-state index is 0.0197. The van der Waals surface area contributed by atoms with Crippen molar-refractivity contribution in [3.05, 3.63) is 56.1 Å². The van der Waals surface area contributed by atoms with Gasteiger partial charge in [0.2, 0.25) is 0 Å². The molecule has 0 spiro atoms. The summed E-state index contributed by atoms with van der Waals surface area (Å²) < 4.78 is 3.42. The number of hydrogen-bond acceptors (Lipinski definition) is 2. The summed E-state index contributed by atoms with van der Waals surface area (Å²) in [7, 11) is 0. The van der Waals surface area contributed by atoms with Crippen LogP contribution in [0.3, 0.4) is 0 Å². The van der Waals surface area contributed by atoms with Crippen molar-refractivity contribution in [2.75, 3.05) is 0 Å². The first kappa shape index (κ1) is 19.7. The molecule has 27 heavy (non-hydrogen) atoms. The maximum absolute atomic E-state index is 12.8. The summed E-state index contributed by atoms with van der Waals surface area (Å²) in [6, 6.07) is 6.12. The number of nitrogens with zero attached hydrogens (tertiary/aromatic N) is 2. The lowest BCUT2D eigenvalue weighted by Crippen LogP contribution is -2.44. The molecule has 0 saturated carbocycles. The van der Waals surface area contributed by atoms with E-state index in [4.69, 9.17) is 0 Å². The molecule has 0 unspecified atom stereocenters. The zero-order valence-electron chi connectivity index (χ0n) is 17.3. The van der Waals surface area contributed by atoms with Gasteiger partial charge in [-0.1, -0.05) is 44.6 Å². The number of aryl methyl sites for hydroxylation is 2. The molecule has 1 aliphatic rings. The van der Waals surface area contributed by atoms with Gasteiger partial charge in [0.05, 0.1) is 11.0 Å². The molecule has 2 aromatic rings. The molecule has 4 heteroatoms. The van der Waals surface area contributed by atoms with Gasteiger partial charge in [0.15, 0.2) is 0 Å². The fourth-order valence-electron chi connectivity index (χ4n) is 4.13. The van der Waals surface area contributed by atoms with Crippen LogP contribution in [-0.2, 0) is 18.5 Å². The molecule has 1 aliphatic heterocycles. The van der Waals surface area contributed by atoms with E-state index in [0.717, 1.165) is 36.7 Å². The van der Waals surface area contributed by atoms with Crippen molar-refractivity contribution in [2.45, 2.75) is 78.8 Å². The van der Waals surface area contributed by atoms with E-state index in [9.17, 15) is 9.59 Å². The average molecular weight is 369 g/mol. The number of aromatic nitrogens is 2. The first-order chi connectivity index (χ1) is 12.7. The highest BCUT2D eigenvalue weighted by atomic mass is 16.2. The van der Waals surface area contributed by atoms with E-state index in [1.807, 2.05) is 12.1 Å². The molecule has 1 aromatic carbocycles. The van der Waals surface area contributed by atoms with Crippen molar-refractivity contribution in [1.82, 2.24) is 9.13 Å². The zero-order chi connectivity index (χ0) is 19.8. The van der Waals surface area contributed by atoms with Crippen LogP contribution >= 0.6 is 0 Å². The molecule has 1 atom stereocenters. The van der Waals surface area contributed by atoms with Crippen LogP contribution in [0.15, 0.2) is 39.4 Å². The van der Waals surface area contributed by atoms with Crippen LogP contribution in [0.25, 0.3) is 11.0 Å². The van der Waals surface area contributed by atoms with E-state index < -0.39 is 0 Å². The Balaban J connectivity index is 1.97. The maximum Gasteiger partial charge on any atom is 0.316 e. The van der Waals surface area contributed by atoms with Crippen LogP contribution in [0.4, 0.5) is 0 Å². The Labute approximate surface area is 161 Å². The molecule has 0 fully saturated rings. The summed E-state index contributed by atoms with van der Waals surface area (Å²) >= 11 is 0. The van der Waals surface area contributed by atoms with Crippen LogP contribution in [0, 0.1) is 5.92 Å². The molecule has 0 N–H and O–H groups in total. The highest BCUT2D eigenvalue weighted by Gasteiger charge is 2.30. The molecule has 0 amide bonds. The van der Waals surface area contributed by atoms with E-state index in [-0.39, 0.29) is 16.5 Å². The van der Waals surface area contributed by atoms with Gasteiger partial charge in [-0.25, -0.2) is 0 Å². The van der Waals surface area contributed by atoms with E-state index in [2.05, 4.69) is 46.8 Å². The Kier molecular flexibility index (Phi) is 5.45. The summed E-state index contributed by atoms with van der Waals surface area (Å²) in [5, 5.41) is 0. The highest BCUT2D eigenvalue weighted by molar-refractivity contribution is 5.80. The number of rotatable bonds is 6. The maximum atomic E-state index is 12.8. The van der Waals surface area contributed by atoms with Crippen molar-refractivity contribution in [3.63, 3.8) is 0 Å². The van der Waals surface area contributed by atoms with Gasteiger partial charge in [-0.15, -0.1) is 0 Å². The van der Waals surface area contributed by atoms with Crippen molar-refractivity contribution in [3.8, 4) is 0 Å². The van der Waals surface area contributed by atoms with Crippen molar-refractivity contribution < 1.29 is 0 Å². The summed E-state index contributed by atoms with van der Waals surface area (Å²) in [5.41, 5.74) is 3.65. The lowest BCUT2D eigenvalue weighted by atomic mass is 9.78. The molecule has 4 nitrogen and oxygen atoms in total. The van der Waals surface area contributed by atoms with Gasteiger partial charge in [-0.05, 0) is 62.5 Å². The molecule has 146 valence electrons. The number of allylic oxidation sites excluding steroid dienone is 2. The summed E-state index contributed by atoms with van der Waals surface area (Å²) in [5.74, 6) is 0.512. The predicted molar refractivity (Wildman–Crippen MR) is 113 cm³/mol. The summed E-state index contributed by atoms with van der Waals surface area (Å²) in [4.78, 5) is 25.5. The third-order valence-electron chi connectivity index (χ3n) is 6.00. The Morgan fingerprint density at radius 3 is 2.63 bits per heavy atom. The van der Waals surface area contributed by atoms with Crippen molar-refractivity contribution >= 4 is 11.0 Å². The molecular formula is C23H32N2O2. The Morgan fingerprint density at radius 1 is 1.19 bits per heavy atom. The second-order valence-electron chi connectivity index (χ2n) is 8.97. The minimum Gasteiger partial charge on any atom is -0.302 e. The van der Waals surface area contributed by atoms with E-state index in [1.165, 1.54) is 11.1 Å². The van der Waals surface area contributed by atoms with Gasteiger partial charge >= 0.3 is 11.1 Å². The normalized spacial score (nSPS) is 16.3. The average Bonchev–Trinajstić information content (AvgIpc) is 2.60. The van der Waals surface area contributed by atoms with Gasteiger partial charge in [0, 0.05) is 13.1 Å². The SMILES string of the molecule is CC(C)=CCC[C@@H](C)CCn1c(=O)c(=O)n2c3c(cccc31)C(C)(C)CC2. The molecule has 0 bridgehead atoms. The topological polar surface area (TPSA) is 44.0 Å². The second-order valence-corrected chi connectivity index (χ2v) is 8.97. The summed E-state index contributed by atoms with van der Waals surface area (Å²) in [6.07, 6.45) is 6.22. The Hall–Kier alpha value is -2.10. The van der Waals surface area contributed by atoms with Crippen LogP contribution in [-0.4, -0.2) is 9.13 Å². The molecule has 2 heterocycles. The number of benzene rings is 1. The second kappa shape index (κ2) is 7.49. The van der Waals surface area contributed by atoms with Gasteiger partial charge in [-0.2, -0.15) is 0 Å². The van der Waals surface area contributed by atoms with E-state index >= 15 is 0 Å². The quantitative estimate of drug-likeness (QED) is 0.552. The molecule has 0 aliphatic carbocycles. The van der Waals surface area contributed by atoms with E-state index in [1.54, 1.807) is 9.13 Å². The van der Waals surface area contributed by atoms with Crippen molar-refractivity contribution in [2.24, 2.45) is 5.92 Å². The fourth-order valence-corrected chi connectivity index (χ4v) is 4.13. The lowest BCUT2D eigenvalue weighted by molar-refractivity contribution is 0.410. The number of para-hydroxylation sites is 1. The van der Waals surface area contributed by atoms with E-state index in [0.29, 0.717) is 19.0 Å². The van der Waals surface area contributed by atoms with Crippen LogP contribution in [0.5, 0.6) is 0 Å². The lowest BCUT2D eigenvalue weighted by Gasteiger charge is -2.33. The summed E-state index contributed by atoms with van der Waals surface area (Å²) in [6.45, 7) is 12.1. The zero-order valence-corrected chi connectivity index (χ0v) is 17.3. The first-order valence-electron chi connectivity index (χ1n) is 10.1. The van der Waals surface area contributed by atoms with Crippen molar-refractivity contribution in [1.29, 1.82) is 0 Å². The van der Waals surface area contributed by atoms with Crippen LogP contribution in [0.1, 0.15) is 65.9 Å². The van der Waals surface area contributed by atoms with Gasteiger partial charge < -0.3 is 9.13 Å². The monoisotopic (exact) mass is 368 g/mol. The smallest absolute Gasteiger partial charge is 0.302 e. The largest absolute Gasteiger partial charge is 0.316 e. The first-order valence-corrected chi connectivity index (χ1v) is 10.1. The fraction of sp³-hybridized carbons (Fsp3) is 0.565. The van der Waals surface area contributed by atoms with Crippen LogP contribution < -0.4 is 11.1 Å². The third kappa shape index (κ3) is 3.80. The Bertz CT molecular complexity index is 988. The highest BCUT2D eigenvalue weighted by Crippen LogP contribution is 2.36. The van der Waals surface area contributed by atoms with Gasteiger partial charge in [0.25, 0.3) is 0 Å². The Morgan fingerprint density at radius 2 is 1.93 bits per heavy atom. The standard InChI is InChI=1S/C23H32N2O2/c1-16(2)8-6-9-17(3)12-14-24-19-11-7-10-18-20(19)25(22(27)21(24)26)15-13-23(18,4)5/h7-8,10-11,17H,6,9,12-15H2,1-5H3/t17-/m1/s1. The molecule has 0 saturated heterocycles. The van der Waals surface area contributed by atoms with Crippen LogP contribution in [0.2, 0.25) is 0 Å². The molecular weight excluding hydrogens is 336 g/mol. The van der Waals surface area contributed by atoms with Gasteiger partial charge in [-0.3, -0.25) is 9.59 Å². The third-order valence-corrected chi connectivity index (χ3v) is 6.00. The molecule has 1 aromatic heterocycles.